The highest BCUT2D eigenvalue weighted by Crippen LogP contribution is 2.31. The van der Waals surface area contributed by atoms with Gasteiger partial charge in [-0.05, 0) is 12.8 Å². The van der Waals surface area contributed by atoms with Gasteiger partial charge in [-0.1, -0.05) is 19.3 Å². The Hall–Kier alpha value is -2.16. The molecule has 0 spiro atoms. The summed E-state index contributed by atoms with van der Waals surface area (Å²) in [4.78, 5) is 19.4. The largest absolute Gasteiger partial charge is 0.480 e. The number of nitrogens with one attached hydrogen (secondary N) is 1. The summed E-state index contributed by atoms with van der Waals surface area (Å²) in [6.07, 6.45) is 6.72. The van der Waals surface area contributed by atoms with Gasteiger partial charge in [0.2, 0.25) is 0 Å². The van der Waals surface area contributed by atoms with Gasteiger partial charge in [-0.25, -0.2) is 14.8 Å². The monoisotopic (exact) mass is 246 g/mol. The first-order valence-corrected chi connectivity index (χ1v) is 5.91. The van der Waals surface area contributed by atoms with Crippen LogP contribution < -0.4 is 5.32 Å². The molecule has 0 aromatic carbocycles. The van der Waals surface area contributed by atoms with Crippen molar-refractivity contribution in [1.29, 1.82) is 5.26 Å². The summed E-state index contributed by atoms with van der Waals surface area (Å²) >= 11 is 0. The second kappa shape index (κ2) is 5.00. The van der Waals surface area contributed by atoms with Crippen LogP contribution in [-0.4, -0.2) is 26.6 Å². The average molecular weight is 246 g/mol. The number of aliphatic carboxylic acids is 1. The Labute approximate surface area is 105 Å². The molecular weight excluding hydrogens is 232 g/mol. The molecule has 94 valence electrons. The first-order valence-electron chi connectivity index (χ1n) is 5.91. The smallest absolute Gasteiger partial charge is 0.329 e. The third-order valence-electron chi connectivity index (χ3n) is 3.28. The first-order chi connectivity index (χ1) is 8.68. The Morgan fingerprint density at radius 3 is 2.61 bits per heavy atom. The highest BCUT2D eigenvalue weighted by molar-refractivity contribution is 5.83. The normalized spacial score (nSPS) is 17.7. The molecule has 0 unspecified atom stereocenters. The third-order valence-corrected chi connectivity index (χ3v) is 3.28. The van der Waals surface area contributed by atoms with Gasteiger partial charge >= 0.3 is 5.97 Å². The predicted molar refractivity (Wildman–Crippen MR) is 63.8 cm³/mol. The standard InChI is InChI=1S/C12H14N4O2/c13-8-9-10(15-7-6-14-9)16-12(11(17)18)4-2-1-3-5-12/h6-7H,1-5H2,(H,15,16)(H,17,18). The molecule has 0 amide bonds. The molecule has 0 bridgehead atoms. The fraction of sp³-hybridized carbons (Fsp3) is 0.500. The number of carboxylic acid groups (broad SMARTS) is 1. The summed E-state index contributed by atoms with van der Waals surface area (Å²) in [5.74, 6) is -0.638. The second-order valence-corrected chi connectivity index (χ2v) is 4.44. The highest BCUT2D eigenvalue weighted by Gasteiger charge is 2.40. The minimum atomic E-state index is -1.01. The SMILES string of the molecule is N#Cc1nccnc1NC1(C(=O)O)CCCCC1. The molecule has 1 fully saturated rings. The first kappa shape index (κ1) is 12.3. The summed E-state index contributed by atoms with van der Waals surface area (Å²) in [5.41, 5.74) is -0.886. The van der Waals surface area contributed by atoms with Gasteiger partial charge in [-0.3, -0.25) is 0 Å². The van der Waals surface area contributed by atoms with E-state index in [-0.39, 0.29) is 11.5 Å². The number of anilines is 1. The van der Waals surface area contributed by atoms with Crippen LogP contribution in [0.15, 0.2) is 12.4 Å². The number of carbonyl (C=O) groups is 1. The van der Waals surface area contributed by atoms with Gasteiger partial charge in [0.1, 0.15) is 11.6 Å². The zero-order valence-corrected chi connectivity index (χ0v) is 9.89. The lowest BCUT2D eigenvalue weighted by atomic mass is 9.81. The van der Waals surface area contributed by atoms with Crippen LogP contribution >= 0.6 is 0 Å². The van der Waals surface area contributed by atoms with Crippen molar-refractivity contribution in [3.05, 3.63) is 18.1 Å². The zero-order valence-electron chi connectivity index (χ0n) is 9.89. The molecule has 1 heterocycles. The van der Waals surface area contributed by atoms with Crippen LogP contribution in [0.1, 0.15) is 37.8 Å². The van der Waals surface area contributed by atoms with Crippen LogP contribution in [0, 0.1) is 11.3 Å². The maximum Gasteiger partial charge on any atom is 0.329 e. The molecule has 1 saturated carbocycles. The van der Waals surface area contributed by atoms with Crippen molar-refractivity contribution in [3.63, 3.8) is 0 Å². The van der Waals surface area contributed by atoms with E-state index >= 15 is 0 Å². The number of aromatic nitrogens is 2. The van der Waals surface area contributed by atoms with Gasteiger partial charge in [-0.15, -0.1) is 0 Å². The van der Waals surface area contributed by atoms with Crippen LogP contribution in [0.3, 0.4) is 0 Å². The van der Waals surface area contributed by atoms with E-state index in [0.717, 1.165) is 19.3 Å². The molecule has 0 radical (unpaired) electrons. The summed E-state index contributed by atoms with van der Waals surface area (Å²) in [6, 6.07) is 1.91. The van der Waals surface area contributed by atoms with E-state index in [2.05, 4.69) is 15.3 Å². The number of nitrogens with zero attached hydrogens (tertiary/aromatic N) is 3. The Balaban J connectivity index is 2.29. The Bertz CT molecular complexity index is 489. The maximum absolute atomic E-state index is 11.5. The molecule has 0 aliphatic heterocycles. The van der Waals surface area contributed by atoms with Crippen LogP contribution in [0.2, 0.25) is 0 Å². The topological polar surface area (TPSA) is 98.9 Å². The molecule has 2 rings (SSSR count). The number of carboxylic acids is 1. The molecule has 1 aromatic heterocycles. The number of hydrogen-bond acceptors (Lipinski definition) is 5. The Morgan fingerprint density at radius 2 is 2.00 bits per heavy atom. The van der Waals surface area contributed by atoms with E-state index in [0.29, 0.717) is 12.8 Å². The average Bonchev–Trinajstić information content (AvgIpc) is 2.40. The van der Waals surface area contributed by atoms with Gasteiger partial charge < -0.3 is 10.4 Å². The molecule has 0 saturated heterocycles. The van der Waals surface area contributed by atoms with E-state index in [9.17, 15) is 9.90 Å². The van der Waals surface area contributed by atoms with Crippen molar-refractivity contribution < 1.29 is 9.90 Å². The number of rotatable bonds is 3. The third kappa shape index (κ3) is 2.25. The van der Waals surface area contributed by atoms with Crippen LogP contribution in [0.25, 0.3) is 0 Å². The van der Waals surface area contributed by atoms with Crippen molar-refractivity contribution in [2.24, 2.45) is 0 Å². The van der Waals surface area contributed by atoms with Gasteiger partial charge in [0.05, 0.1) is 0 Å². The number of nitriles is 1. The quantitative estimate of drug-likeness (QED) is 0.839. The van der Waals surface area contributed by atoms with Crippen LogP contribution in [-0.2, 0) is 4.79 Å². The van der Waals surface area contributed by atoms with Crippen LogP contribution in [0.4, 0.5) is 5.82 Å². The minimum absolute atomic E-state index is 0.128. The summed E-state index contributed by atoms with van der Waals surface area (Å²) < 4.78 is 0. The van der Waals surface area contributed by atoms with Gasteiger partial charge in [-0.2, -0.15) is 5.26 Å². The fourth-order valence-electron chi connectivity index (χ4n) is 2.29. The summed E-state index contributed by atoms with van der Waals surface area (Å²) in [7, 11) is 0. The zero-order chi connectivity index (χ0) is 13.0. The molecule has 1 aromatic rings. The molecule has 0 atom stereocenters. The second-order valence-electron chi connectivity index (χ2n) is 4.44. The lowest BCUT2D eigenvalue weighted by Gasteiger charge is -2.34. The van der Waals surface area contributed by atoms with E-state index in [1.54, 1.807) is 0 Å². The lowest BCUT2D eigenvalue weighted by molar-refractivity contribution is -0.143. The van der Waals surface area contributed by atoms with Crippen molar-refractivity contribution in [2.75, 3.05) is 5.32 Å². The van der Waals surface area contributed by atoms with Gasteiger partial charge in [0, 0.05) is 12.4 Å². The van der Waals surface area contributed by atoms with Crippen molar-refractivity contribution in [2.45, 2.75) is 37.6 Å². The molecule has 1 aliphatic carbocycles. The summed E-state index contributed by atoms with van der Waals surface area (Å²) in [6.45, 7) is 0. The molecule has 6 heteroatoms. The summed E-state index contributed by atoms with van der Waals surface area (Å²) in [5, 5.41) is 21.3. The van der Waals surface area contributed by atoms with E-state index in [1.165, 1.54) is 12.4 Å². The molecule has 18 heavy (non-hydrogen) atoms. The highest BCUT2D eigenvalue weighted by atomic mass is 16.4. The van der Waals surface area contributed by atoms with E-state index < -0.39 is 11.5 Å². The Morgan fingerprint density at radius 1 is 1.33 bits per heavy atom. The van der Waals surface area contributed by atoms with Crippen molar-refractivity contribution in [1.82, 2.24) is 9.97 Å². The van der Waals surface area contributed by atoms with Crippen molar-refractivity contribution >= 4 is 11.8 Å². The molecule has 1 aliphatic rings. The lowest BCUT2D eigenvalue weighted by Crippen LogP contribution is -2.48. The predicted octanol–water partition coefficient (Wildman–Crippen LogP) is 1.55. The van der Waals surface area contributed by atoms with Crippen LogP contribution in [0.5, 0.6) is 0 Å². The molecule has 2 N–H and O–H groups in total. The minimum Gasteiger partial charge on any atom is -0.480 e. The van der Waals surface area contributed by atoms with E-state index in [4.69, 9.17) is 5.26 Å². The Kier molecular flexibility index (Phi) is 3.42. The molecule has 6 nitrogen and oxygen atoms in total. The maximum atomic E-state index is 11.5. The number of hydrogen-bond donors (Lipinski definition) is 2. The fourth-order valence-corrected chi connectivity index (χ4v) is 2.29. The van der Waals surface area contributed by atoms with Crippen molar-refractivity contribution in [3.8, 4) is 6.07 Å². The van der Waals surface area contributed by atoms with Gasteiger partial charge in [0.15, 0.2) is 11.5 Å². The van der Waals surface area contributed by atoms with Gasteiger partial charge in [0.25, 0.3) is 0 Å². The van der Waals surface area contributed by atoms with E-state index in [1.807, 2.05) is 6.07 Å². The molecular formula is C12H14N4O2.